The zero-order valence-corrected chi connectivity index (χ0v) is 17.6. The van der Waals surface area contributed by atoms with E-state index in [1.807, 2.05) is 11.5 Å². The van der Waals surface area contributed by atoms with E-state index in [-0.39, 0.29) is 17.9 Å². The number of imidazole rings is 1. The topological polar surface area (TPSA) is 109 Å². The molecule has 2 fully saturated rings. The van der Waals surface area contributed by atoms with Crippen LogP contribution in [0.15, 0.2) is 12.7 Å². The number of fused-ring (bicyclic) bond motifs is 1. The number of aromatic nitrogens is 4. The summed E-state index contributed by atoms with van der Waals surface area (Å²) in [6.07, 6.45) is 5.05. The number of aliphatic hydroxyl groups is 1. The summed E-state index contributed by atoms with van der Waals surface area (Å²) in [5, 5.41) is 12.9. The zero-order valence-electron chi connectivity index (χ0n) is 17.6. The Labute approximate surface area is 176 Å². The summed E-state index contributed by atoms with van der Waals surface area (Å²) in [6, 6.07) is 0. The van der Waals surface area contributed by atoms with Crippen molar-refractivity contribution in [2.24, 2.45) is 5.41 Å². The van der Waals surface area contributed by atoms with Crippen LogP contribution in [0, 0.1) is 5.41 Å². The molecule has 0 saturated carbocycles. The van der Waals surface area contributed by atoms with Crippen molar-refractivity contribution in [3.05, 3.63) is 12.7 Å². The fourth-order valence-corrected chi connectivity index (χ4v) is 4.32. The lowest BCUT2D eigenvalue weighted by Crippen LogP contribution is -2.49. The van der Waals surface area contributed by atoms with Gasteiger partial charge in [0.25, 0.3) is 0 Å². The van der Waals surface area contributed by atoms with Gasteiger partial charge in [0.2, 0.25) is 5.91 Å². The summed E-state index contributed by atoms with van der Waals surface area (Å²) < 4.78 is 7.52. The quantitative estimate of drug-likeness (QED) is 0.642. The summed E-state index contributed by atoms with van der Waals surface area (Å²) >= 11 is 0. The minimum atomic E-state index is -0.193. The first kappa shape index (κ1) is 21.0. The van der Waals surface area contributed by atoms with Crippen LogP contribution in [0.4, 0.5) is 5.82 Å². The molecule has 2 aromatic rings. The Morgan fingerprint density at radius 1 is 1.20 bits per heavy atom. The predicted molar refractivity (Wildman–Crippen MR) is 112 cm³/mol. The van der Waals surface area contributed by atoms with Crippen LogP contribution in [0.1, 0.15) is 19.8 Å². The van der Waals surface area contributed by atoms with Crippen molar-refractivity contribution < 1.29 is 14.6 Å². The molecular weight excluding hydrogens is 386 g/mol. The highest BCUT2D eigenvalue weighted by molar-refractivity contribution is 5.83. The molecule has 4 rings (SSSR count). The molecule has 164 valence electrons. The number of ether oxygens (including phenoxy) is 1. The second-order valence-corrected chi connectivity index (χ2v) is 8.23. The molecule has 10 heteroatoms. The van der Waals surface area contributed by atoms with E-state index >= 15 is 0 Å². The van der Waals surface area contributed by atoms with Crippen LogP contribution < -0.4 is 10.2 Å². The molecule has 2 saturated heterocycles. The third kappa shape index (κ3) is 4.40. The second-order valence-electron chi connectivity index (χ2n) is 8.23. The van der Waals surface area contributed by atoms with E-state index in [1.54, 1.807) is 12.7 Å². The Bertz CT molecular complexity index is 857. The molecule has 4 heterocycles. The van der Waals surface area contributed by atoms with Crippen molar-refractivity contribution in [3.8, 4) is 0 Å². The number of amides is 1. The number of rotatable bonds is 7. The molecule has 10 nitrogen and oxygen atoms in total. The molecule has 2 N–H and O–H groups in total. The standard InChI is InChI=1S/C20H31N7O3/c1-2-21-16(29)11-25-5-7-26(8-6-25)18-17-19(23-14-22-18)27(15-24-17)12-20(13-28)3-9-30-10-4-20/h14-15,28H,2-13H2,1H3,(H,21,29). The highest BCUT2D eigenvalue weighted by Gasteiger charge is 2.33. The number of hydrogen-bond donors (Lipinski definition) is 2. The van der Waals surface area contributed by atoms with Gasteiger partial charge in [0.15, 0.2) is 17.0 Å². The second kappa shape index (κ2) is 9.23. The number of likely N-dealkylation sites (N-methyl/N-ethyl adjacent to an activating group) is 1. The predicted octanol–water partition coefficient (Wildman–Crippen LogP) is -0.126. The normalized spacial score (nSPS) is 19.9. The number of anilines is 1. The molecule has 0 aromatic carbocycles. The lowest BCUT2D eigenvalue weighted by Gasteiger charge is -2.36. The first-order valence-electron chi connectivity index (χ1n) is 10.7. The van der Waals surface area contributed by atoms with Gasteiger partial charge >= 0.3 is 0 Å². The van der Waals surface area contributed by atoms with Gasteiger partial charge in [-0.1, -0.05) is 0 Å². The van der Waals surface area contributed by atoms with E-state index in [9.17, 15) is 9.90 Å². The summed E-state index contributed by atoms with van der Waals surface area (Å²) in [5.41, 5.74) is 1.39. The Kier molecular flexibility index (Phi) is 6.45. The molecule has 0 unspecified atom stereocenters. The Balaban J connectivity index is 1.47. The van der Waals surface area contributed by atoms with Crippen molar-refractivity contribution in [1.82, 2.24) is 29.7 Å². The zero-order chi connectivity index (χ0) is 21.0. The number of nitrogens with zero attached hydrogens (tertiary/aromatic N) is 6. The van der Waals surface area contributed by atoms with Crippen LogP contribution in [0.2, 0.25) is 0 Å². The summed E-state index contributed by atoms with van der Waals surface area (Å²) in [4.78, 5) is 29.8. The number of nitrogens with one attached hydrogen (secondary N) is 1. The van der Waals surface area contributed by atoms with Gasteiger partial charge in [0.05, 0.1) is 19.5 Å². The minimum Gasteiger partial charge on any atom is -0.396 e. The minimum absolute atomic E-state index is 0.0695. The van der Waals surface area contributed by atoms with Gasteiger partial charge in [-0.2, -0.15) is 0 Å². The van der Waals surface area contributed by atoms with Crippen molar-refractivity contribution >= 4 is 22.9 Å². The highest BCUT2D eigenvalue weighted by atomic mass is 16.5. The molecule has 0 aliphatic carbocycles. The maximum absolute atomic E-state index is 11.8. The number of aliphatic hydroxyl groups excluding tert-OH is 1. The fraction of sp³-hybridized carbons (Fsp3) is 0.700. The molecule has 0 bridgehead atoms. The number of carbonyl (C=O) groups is 1. The molecule has 1 amide bonds. The van der Waals surface area contributed by atoms with Gasteiger partial charge in [-0.05, 0) is 19.8 Å². The Hall–Kier alpha value is -2.30. The van der Waals surface area contributed by atoms with Crippen LogP contribution in [-0.2, 0) is 16.1 Å². The van der Waals surface area contributed by atoms with E-state index in [2.05, 4.69) is 30.1 Å². The lowest BCUT2D eigenvalue weighted by molar-refractivity contribution is -0.122. The average Bonchev–Trinajstić information content (AvgIpc) is 3.18. The van der Waals surface area contributed by atoms with Gasteiger partial charge in [0, 0.05) is 57.9 Å². The summed E-state index contributed by atoms with van der Waals surface area (Å²) in [7, 11) is 0. The van der Waals surface area contributed by atoms with E-state index in [1.165, 1.54) is 0 Å². The van der Waals surface area contributed by atoms with Crippen LogP contribution >= 0.6 is 0 Å². The monoisotopic (exact) mass is 417 g/mol. The van der Waals surface area contributed by atoms with E-state index < -0.39 is 0 Å². The van der Waals surface area contributed by atoms with Gasteiger partial charge in [-0.3, -0.25) is 9.69 Å². The molecular formula is C20H31N7O3. The lowest BCUT2D eigenvalue weighted by atomic mass is 9.81. The summed E-state index contributed by atoms with van der Waals surface area (Å²) in [5.74, 6) is 0.904. The fourth-order valence-electron chi connectivity index (χ4n) is 4.32. The Morgan fingerprint density at radius 2 is 1.97 bits per heavy atom. The Morgan fingerprint density at radius 3 is 2.67 bits per heavy atom. The van der Waals surface area contributed by atoms with E-state index in [4.69, 9.17) is 4.74 Å². The van der Waals surface area contributed by atoms with Crippen molar-refractivity contribution in [1.29, 1.82) is 0 Å². The summed E-state index contributed by atoms with van der Waals surface area (Å²) in [6.45, 7) is 8.34. The SMILES string of the molecule is CCNC(=O)CN1CCN(c2ncnc3c2ncn3CC2(CO)CCOCC2)CC1. The molecule has 2 aliphatic rings. The first-order chi connectivity index (χ1) is 14.6. The smallest absolute Gasteiger partial charge is 0.234 e. The molecule has 2 aliphatic heterocycles. The van der Waals surface area contributed by atoms with Crippen LogP contribution in [0.5, 0.6) is 0 Å². The molecule has 2 aromatic heterocycles. The van der Waals surface area contributed by atoms with Crippen LogP contribution in [-0.4, -0.2) is 94.5 Å². The highest BCUT2D eigenvalue weighted by Crippen LogP contribution is 2.33. The van der Waals surface area contributed by atoms with Gasteiger partial charge in [-0.25, -0.2) is 15.0 Å². The number of piperazine rings is 1. The van der Waals surface area contributed by atoms with Crippen molar-refractivity contribution in [2.75, 3.05) is 64.0 Å². The van der Waals surface area contributed by atoms with Crippen LogP contribution in [0.25, 0.3) is 11.2 Å². The van der Waals surface area contributed by atoms with Gasteiger partial charge in [-0.15, -0.1) is 0 Å². The maximum Gasteiger partial charge on any atom is 0.234 e. The largest absolute Gasteiger partial charge is 0.396 e. The first-order valence-corrected chi connectivity index (χ1v) is 10.7. The van der Waals surface area contributed by atoms with Crippen LogP contribution in [0.3, 0.4) is 0 Å². The van der Waals surface area contributed by atoms with E-state index in [0.29, 0.717) is 32.8 Å². The molecule has 0 radical (unpaired) electrons. The number of hydrogen-bond acceptors (Lipinski definition) is 8. The molecule has 0 spiro atoms. The molecule has 0 atom stereocenters. The van der Waals surface area contributed by atoms with Crippen molar-refractivity contribution in [2.45, 2.75) is 26.3 Å². The molecule has 30 heavy (non-hydrogen) atoms. The van der Waals surface area contributed by atoms with Crippen molar-refractivity contribution in [3.63, 3.8) is 0 Å². The number of carbonyl (C=O) groups excluding carboxylic acids is 1. The third-order valence-electron chi connectivity index (χ3n) is 6.19. The average molecular weight is 418 g/mol. The van der Waals surface area contributed by atoms with Gasteiger partial charge in [0.1, 0.15) is 6.33 Å². The van der Waals surface area contributed by atoms with Gasteiger partial charge < -0.3 is 24.6 Å². The third-order valence-corrected chi connectivity index (χ3v) is 6.19. The van der Waals surface area contributed by atoms with E-state index in [0.717, 1.165) is 56.0 Å². The maximum atomic E-state index is 11.8.